The number of fused-ring (bicyclic) bond motifs is 1. The Kier molecular flexibility index (Phi) is 3.13. The van der Waals surface area contributed by atoms with Crippen molar-refractivity contribution < 1.29 is 4.79 Å². The van der Waals surface area contributed by atoms with E-state index in [1.165, 1.54) is 0 Å². The minimum atomic E-state index is -0.140. The van der Waals surface area contributed by atoms with Gasteiger partial charge in [-0.1, -0.05) is 5.21 Å². The van der Waals surface area contributed by atoms with Gasteiger partial charge in [0.15, 0.2) is 5.65 Å². The summed E-state index contributed by atoms with van der Waals surface area (Å²) >= 11 is 0. The summed E-state index contributed by atoms with van der Waals surface area (Å²) in [6, 6.07) is 1.67. The van der Waals surface area contributed by atoms with Gasteiger partial charge >= 0.3 is 0 Å². The van der Waals surface area contributed by atoms with Crippen molar-refractivity contribution in [2.45, 2.75) is 6.92 Å². The van der Waals surface area contributed by atoms with Gasteiger partial charge in [-0.25, -0.2) is 9.67 Å². The largest absolute Gasteiger partial charge is 0.306 e. The lowest BCUT2D eigenvalue weighted by molar-refractivity contribution is 0.0989. The number of carbonyl (C=O) groups excluding carboxylic acids is 1. The van der Waals surface area contributed by atoms with Crippen LogP contribution in [0.1, 0.15) is 17.3 Å². The maximum atomic E-state index is 12.8. The Morgan fingerprint density at radius 1 is 1.38 bits per heavy atom. The van der Waals surface area contributed by atoms with Crippen LogP contribution in [-0.4, -0.2) is 42.2 Å². The molecule has 8 heteroatoms. The molecule has 3 aromatic rings. The maximum absolute atomic E-state index is 12.8. The van der Waals surface area contributed by atoms with Gasteiger partial charge in [0.1, 0.15) is 5.52 Å². The van der Waals surface area contributed by atoms with Crippen LogP contribution in [0.25, 0.3) is 11.2 Å². The van der Waals surface area contributed by atoms with Crippen molar-refractivity contribution in [3.05, 3.63) is 30.2 Å². The summed E-state index contributed by atoms with van der Waals surface area (Å²) in [6.07, 6.45) is 5.06. The molecular weight excluding hydrogens is 270 g/mol. The molecular formula is C13H15N7O. The zero-order chi connectivity index (χ0) is 15.0. The van der Waals surface area contributed by atoms with Gasteiger partial charge in [-0.05, 0) is 13.0 Å². The SMILES string of the molecule is CCN(C(=O)c1ccnc2c1nnn2C)c1cnn(C)c1. The van der Waals surface area contributed by atoms with Crippen LogP contribution in [-0.2, 0) is 14.1 Å². The standard InChI is InChI=1S/C13H15N7O/c1-4-20(9-7-15-18(2)8-9)13(21)10-5-6-14-12-11(10)16-17-19(12)3/h5-8H,4H2,1-3H3. The van der Waals surface area contributed by atoms with Gasteiger partial charge in [0.05, 0.1) is 17.4 Å². The van der Waals surface area contributed by atoms with Crippen LogP contribution < -0.4 is 4.90 Å². The molecule has 0 spiro atoms. The van der Waals surface area contributed by atoms with E-state index >= 15 is 0 Å². The van der Waals surface area contributed by atoms with Crippen molar-refractivity contribution in [3.63, 3.8) is 0 Å². The quantitative estimate of drug-likeness (QED) is 0.709. The third-order valence-electron chi connectivity index (χ3n) is 3.29. The van der Waals surface area contributed by atoms with Crippen LogP contribution in [0, 0.1) is 0 Å². The molecule has 3 heterocycles. The number of pyridine rings is 1. The van der Waals surface area contributed by atoms with Gasteiger partial charge in [0.25, 0.3) is 5.91 Å². The summed E-state index contributed by atoms with van der Waals surface area (Å²) in [7, 11) is 3.56. The molecule has 0 aliphatic rings. The molecule has 0 aliphatic heterocycles. The summed E-state index contributed by atoms with van der Waals surface area (Å²) in [5.41, 5.74) is 2.33. The van der Waals surface area contributed by atoms with Crippen LogP contribution in [0.3, 0.4) is 0 Å². The molecule has 0 aliphatic carbocycles. The number of aromatic nitrogens is 6. The predicted molar refractivity (Wildman–Crippen MR) is 76.9 cm³/mol. The first-order valence-corrected chi connectivity index (χ1v) is 6.56. The second kappa shape index (κ2) is 4.97. The first-order valence-electron chi connectivity index (χ1n) is 6.56. The topological polar surface area (TPSA) is 81.7 Å². The number of hydrogen-bond donors (Lipinski definition) is 0. The minimum absolute atomic E-state index is 0.140. The second-order valence-corrected chi connectivity index (χ2v) is 4.67. The van der Waals surface area contributed by atoms with E-state index in [9.17, 15) is 4.79 Å². The summed E-state index contributed by atoms with van der Waals surface area (Å²) < 4.78 is 3.21. The summed E-state index contributed by atoms with van der Waals surface area (Å²) in [4.78, 5) is 18.6. The van der Waals surface area contributed by atoms with Gasteiger partial charge in [-0.3, -0.25) is 9.48 Å². The molecule has 0 atom stereocenters. The van der Waals surface area contributed by atoms with Crippen molar-refractivity contribution in [1.82, 2.24) is 29.8 Å². The van der Waals surface area contributed by atoms with Crippen molar-refractivity contribution in [1.29, 1.82) is 0 Å². The first kappa shape index (κ1) is 13.2. The Morgan fingerprint density at radius 3 is 2.86 bits per heavy atom. The normalized spacial score (nSPS) is 11.0. The molecule has 0 unspecified atom stereocenters. The highest BCUT2D eigenvalue weighted by Gasteiger charge is 2.21. The van der Waals surface area contributed by atoms with Gasteiger partial charge < -0.3 is 4.90 Å². The summed E-state index contributed by atoms with van der Waals surface area (Å²) in [5, 5.41) is 12.1. The molecule has 21 heavy (non-hydrogen) atoms. The molecule has 0 N–H and O–H groups in total. The van der Waals surface area contributed by atoms with Crippen LogP contribution in [0.4, 0.5) is 5.69 Å². The third kappa shape index (κ3) is 2.14. The number of amides is 1. The lowest BCUT2D eigenvalue weighted by atomic mass is 10.2. The van der Waals surface area contributed by atoms with Crippen molar-refractivity contribution in [2.24, 2.45) is 14.1 Å². The molecule has 0 radical (unpaired) electrons. The van der Waals surface area contributed by atoms with E-state index in [1.54, 1.807) is 46.0 Å². The fourth-order valence-corrected chi connectivity index (χ4v) is 2.24. The van der Waals surface area contributed by atoms with Crippen molar-refractivity contribution in [2.75, 3.05) is 11.4 Å². The average molecular weight is 285 g/mol. The molecule has 0 aromatic carbocycles. The van der Waals surface area contributed by atoms with Gasteiger partial charge in [0.2, 0.25) is 0 Å². The Bertz CT molecular complexity index is 804. The Labute approximate surface area is 121 Å². The molecule has 0 bridgehead atoms. The summed E-state index contributed by atoms with van der Waals surface area (Å²) in [6.45, 7) is 2.45. The minimum Gasteiger partial charge on any atom is -0.306 e. The van der Waals surface area contributed by atoms with Gasteiger partial charge in [0, 0.05) is 33.0 Å². The number of hydrogen-bond acceptors (Lipinski definition) is 5. The van der Waals surface area contributed by atoms with E-state index in [-0.39, 0.29) is 5.91 Å². The molecule has 0 saturated heterocycles. The number of rotatable bonds is 3. The fourth-order valence-electron chi connectivity index (χ4n) is 2.24. The number of carbonyl (C=O) groups is 1. The van der Waals surface area contributed by atoms with Crippen molar-refractivity contribution in [3.8, 4) is 0 Å². The highest BCUT2D eigenvalue weighted by Crippen LogP contribution is 2.19. The van der Waals surface area contributed by atoms with E-state index in [4.69, 9.17) is 0 Å². The molecule has 108 valence electrons. The van der Waals surface area contributed by atoms with Gasteiger partial charge in [-0.15, -0.1) is 5.10 Å². The molecule has 1 amide bonds. The van der Waals surface area contributed by atoms with Crippen LogP contribution in [0.15, 0.2) is 24.7 Å². The smallest absolute Gasteiger partial charge is 0.260 e. The monoisotopic (exact) mass is 285 g/mol. The first-order chi connectivity index (χ1) is 10.1. The third-order valence-corrected chi connectivity index (χ3v) is 3.29. The maximum Gasteiger partial charge on any atom is 0.260 e. The van der Waals surface area contributed by atoms with Crippen LogP contribution >= 0.6 is 0 Å². The van der Waals surface area contributed by atoms with Crippen LogP contribution in [0.5, 0.6) is 0 Å². The number of anilines is 1. The Balaban J connectivity index is 2.06. The number of aryl methyl sites for hydroxylation is 2. The molecule has 0 saturated carbocycles. The van der Waals surface area contributed by atoms with Crippen molar-refractivity contribution >= 4 is 22.8 Å². The predicted octanol–water partition coefficient (Wildman–Crippen LogP) is 0.763. The van der Waals surface area contributed by atoms with E-state index in [0.29, 0.717) is 23.3 Å². The highest BCUT2D eigenvalue weighted by molar-refractivity contribution is 6.12. The van der Waals surface area contributed by atoms with E-state index in [2.05, 4.69) is 20.4 Å². The molecule has 3 rings (SSSR count). The lowest BCUT2D eigenvalue weighted by Gasteiger charge is -2.18. The van der Waals surface area contributed by atoms with Gasteiger partial charge in [-0.2, -0.15) is 5.10 Å². The number of nitrogens with zero attached hydrogens (tertiary/aromatic N) is 7. The average Bonchev–Trinajstić information content (AvgIpc) is 3.07. The van der Waals surface area contributed by atoms with E-state index in [0.717, 1.165) is 5.69 Å². The summed E-state index contributed by atoms with van der Waals surface area (Å²) in [5.74, 6) is -0.140. The molecule has 8 nitrogen and oxygen atoms in total. The van der Waals surface area contributed by atoms with Crippen LogP contribution in [0.2, 0.25) is 0 Å². The fraction of sp³-hybridized carbons (Fsp3) is 0.308. The zero-order valence-electron chi connectivity index (χ0n) is 12.1. The molecule has 3 aromatic heterocycles. The Morgan fingerprint density at radius 2 is 2.19 bits per heavy atom. The second-order valence-electron chi connectivity index (χ2n) is 4.67. The Hall–Kier alpha value is -2.77. The van der Waals surface area contributed by atoms with E-state index in [1.807, 2.05) is 14.0 Å². The lowest BCUT2D eigenvalue weighted by Crippen LogP contribution is -2.30. The zero-order valence-corrected chi connectivity index (χ0v) is 12.1. The molecule has 0 fully saturated rings. The van der Waals surface area contributed by atoms with E-state index < -0.39 is 0 Å². The highest BCUT2D eigenvalue weighted by atomic mass is 16.2.